The van der Waals surface area contributed by atoms with E-state index in [0.29, 0.717) is 18.7 Å². The summed E-state index contributed by atoms with van der Waals surface area (Å²) in [5.41, 5.74) is 2.26. The van der Waals surface area contributed by atoms with Gasteiger partial charge in [-0.25, -0.2) is 8.42 Å². The van der Waals surface area contributed by atoms with Crippen molar-refractivity contribution in [3.8, 4) is 0 Å². The number of hydrogen-bond donors (Lipinski definition) is 1. The molecule has 1 aliphatic heterocycles. The van der Waals surface area contributed by atoms with Crippen molar-refractivity contribution >= 4 is 27.3 Å². The van der Waals surface area contributed by atoms with Gasteiger partial charge in [-0.05, 0) is 48.7 Å². The molecule has 6 heteroatoms. The Bertz CT molecular complexity index is 845. The molecule has 0 aliphatic carbocycles. The van der Waals surface area contributed by atoms with E-state index < -0.39 is 10.0 Å². The maximum Gasteiger partial charge on any atom is 0.261 e. The second-order valence-corrected chi connectivity index (χ2v) is 7.48. The van der Waals surface area contributed by atoms with E-state index in [9.17, 15) is 13.2 Å². The molecular weight excluding hydrogens is 324 g/mol. The van der Waals surface area contributed by atoms with Gasteiger partial charge in [-0.15, -0.1) is 0 Å². The molecule has 1 fully saturated rings. The summed E-state index contributed by atoms with van der Waals surface area (Å²) < 4.78 is 27.6. The molecule has 2 aromatic rings. The van der Waals surface area contributed by atoms with E-state index in [-0.39, 0.29) is 10.8 Å². The largest absolute Gasteiger partial charge is 0.312 e. The van der Waals surface area contributed by atoms with Gasteiger partial charge in [0.15, 0.2) is 0 Å². The molecule has 0 spiro atoms. The highest BCUT2D eigenvalue weighted by Crippen LogP contribution is 2.25. The molecule has 0 radical (unpaired) electrons. The van der Waals surface area contributed by atoms with E-state index in [1.807, 2.05) is 25.1 Å². The maximum atomic E-state index is 12.5. The molecule has 1 N–H and O–H groups in total. The van der Waals surface area contributed by atoms with Crippen molar-refractivity contribution in [3.05, 3.63) is 54.1 Å². The second-order valence-electron chi connectivity index (χ2n) is 5.80. The number of carbonyl (C=O) groups is 1. The normalized spacial score (nSPS) is 14.9. The maximum absolute atomic E-state index is 12.5. The Hall–Kier alpha value is -2.34. The van der Waals surface area contributed by atoms with Gasteiger partial charge < -0.3 is 4.90 Å². The number of benzene rings is 2. The molecule has 1 amide bonds. The standard InChI is InChI=1S/C18H20N2O3S/c1-2-14-8-10-17(11-9-14)24(22,23)19-15-5-3-6-16(13-15)20-12-4-7-18(20)21/h3,5-6,8-11,13,19H,2,4,7,12H2,1H3. The van der Waals surface area contributed by atoms with Crippen molar-refractivity contribution in [1.82, 2.24) is 0 Å². The monoisotopic (exact) mass is 344 g/mol. The average molecular weight is 344 g/mol. The van der Waals surface area contributed by atoms with Crippen LogP contribution in [-0.2, 0) is 21.2 Å². The zero-order valence-electron chi connectivity index (χ0n) is 13.5. The highest BCUT2D eigenvalue weighted by atomic mass is 32.2. The summed E-state index contributed by atoms with van der Waals surface area (Å²) in [4.78, 5) is 13.8. The first-order valence-electron chi connectivity index (χ1n) is 8.02. The molecule has 0 unspecified atom stereocenters. The Morgan fingerprint density at radius 3 is 2.50 bits per heavy atom. The fraction of sp³-hybridized carbons (Fsp3) is 0.278. The van der Waals surface area contributed by atoms with E-state index in [1.54, 1.807) is 35.2 Å². The third-order valence-electron chi connectivity index (χ3n) is 4.13. The smallest absolute Gasteiger partial charge is 0.261 e. The summed E-state index contributed by atoms with van der Waals surface area (Å²) in [5.74, 6) is 0.0742. The van der Waals surface area contributed by atoms with Crippen molar-refractivity contribution in [1.29, 1.82) is 0 Å². The van der Waals surface area contributed by atoms with Crippen LogP contribution in [0.25, 0.3) is 0 Å². The SMILES string of the molecule is CCc1ccc(S(=O)(=O)Nc2cccc(N3CCCC3=O)c2)cc1. The van der Waals surface area contributed by atoms with Crippen LogP contribution in [0.3, 0.4) is 0 Å². The minimum atomic E-state index is -3.65. The lowest BCUT2D eigenvalue weighted by Crippen LogP contribution is -2.23. The molecule has 0 saturated carbocycles. The minimum absolute atomic E-state index is 0.0742. The van der Waals surface area contributed by atoms with Gasteiger partial charge in [-0.1, -0.05) is 25.1 Å². The van der Waals surface area contributed by atoms with Gasteiger partial charge in [0.25, 0.3) is 10.0 Å². The first-order valence-corrected chi connectivity index (χ1v) is 9.50. The lowest BCUT2D eigenvalue weighted by molar-refractivity contribution is -0.117. The third-order valence-corrected chi connectivity index (χ3v) is 5.52. The quantitative estimate of drug-likeness (QED) is 0.906. The van der Waals surface area contributed by atoms with Gasteiger partial charge >= 0.3 is 0 Å². The molecule has 24 heavy (non-hydrogen) atoms. The number of carbonyl (C=O) groups excluding carboxylic acids is 1. The molecular formula is C18H20N2O3S. The van der Waals surface area contributed by atoms with Crippen LogP contribution in [0.1, 0.15) is 25.3 Å². The van der Waals surface area contributed by atoms with Crippen molar-refractivity contribution in [2.75, 3.05) is 16.2 Å². The zero-order chi connectivity index (χ0) is 17.2. The predicted molar refractivity (Wildman–Crippen MR) is 94.7 cm³/mol. The highest BCUT2D eigenvalue weighted by molar-refractivity contribution is 7.92. The van der Waals surface area contributed by atoms with Crippen LogP contribution in [0.5, 0.6) is 0 Å². The summed E-state index contributed by atoms with van der Waals surface area (Å²) >= 11 is 0. The van der Waals surface area contributed by atoms with E-state index in [1.165, 1.54) is 0 Å². The molecule has 5 nitrogen and oxygen atoms in total. The third kappa shape index (κ3) is 3.43. The number of rotatable bonds is 5. The Kier molecular flexibility index (Phi) is 4.57. The Labute approximate surface area is 142 Å². The fourth-order valence-corrected chi connectivity index (χ4v) is 3.83. The van der Waals surface area contributed by atoms with Crippen LogP contribution in [0.4, 0.5) is 11.4 Å². The second kappa shape index (κ2) is 6.65. The first-order chi connectivity index (χ1) is 11.5. The Morgan fingerprint density at radius 2 is 1.88 bits per heavy atom. The molecule has 126 valence electrons. The van der Waals surface area contributed by atoms with E-state index in [4.69, 9.17) is 0 Å². The van der Waals surface area contributed by atoms with Crippen LogP contribution in [0.2, 0.25) is 0 Å². The van der Waals surface area contributed by atoms with E-state index >= 15 is 0 Å². The van der Waals surface area contributed by atoms with Gasteiger partial charge in [-0.2, -0.15) is 0 Å². The molecule has 3 rings (SSSR count). The summed E-state index contributed by atoms with van der Waals surface area (Å²) in [7, 11) is -3.65. The average Bonchev–Trinajstić information content (AvgIpc) is 3.01. The number of nitrogens with one attached hydrogen (secondary N) is 1. The Balaban J connectivity index is 1.83. The van der Waals surface area contributed by atoms with Crippen LogP contribution < -0.4 is 9.62 Å². The van der Waals surface area contributed by atoms with Gasteiger partial charge in [0.2, 0.25) is 5.91 Å². The van der Waals surface area contributed by atoms with Crippen LogP contribution in [0.15, 0.2) is 53.4 Å². The zero-order valence-corrected chi connectivity index (χ0v) is 14.3. The van der Waals surface area contributed by atoms with Crippen molar-refractivity contribution in [3.63, 3.8) is 0 Å². The lowest BCUT2D eigenvalue weighted by atomic mass is 10.2. The van der Waals surface area contributed by atoms with E-state index in [0.717, 1.165) is 24.1 Å². The van der Waals surface area contributed by atoms with Crippen molar-refractivity contribution < 1.29 is 13.2 Å². The van der Waals surface area contributed by atoms with E-state index in [2.05, 4.69) is 4.72 Å². The lowest BCUT2D eigenvalue weighted by Gasteiger charge is -2.17. The fourth-order valence-electron chi connectivity index (χ4n) is 2.78. The molecule has 0 aromatic heterocycles. The summed E-state index contributed by atoms with van der Waals surface area (Å²) in [6.45, 7) is 2.69. The molecule has 1 heterocycles. The van der Waals surface area contributed by atoms with Crippen LogP contribution in [0, 0.1) is 0 Å². The highest BCUT2D eigenvalue weighted by Gasteiger charge is 2.22. The van der Waals surface area contributed by atoms with Crippen molar-refractivity contribution in [2.24, 2.45) is 0 Å². The number of hydrogen-bond acceptors (Lipinski definition) is 3. The van der Waals surface area contributed by atoms with Crippen molar-refractivity contribution in [2.45, 2.75) is 31.1 Å². The first kappa shape index (κ1) is 16.5. The van der Waals surface area contributed by atoms with Gasteiger partial charge in [-0.3, -0.25) is 9.52 Å². The van der Waals surface area contributed by atoms with Crippen LogP contribution >= 0.6 is 0 Å². The molecule has 0 atom stereocenters. The van der Waals surface area contributed by atoms with Gasteiger partial charge in [0, 0.05) is 18.7 Å². The van der Waals surface area contributed by atoms with Gasteiger partial charge in [0.1, 0.15) is 0 Å². The number of anilines is 2. The van der Waals surface area contributed by atoms with Gasteiger partial charge in [0.05, 0.1) is 10.6 Å². The molecule has 1 aliphatic rings. The number of sulfonamides is 1. The molecule has 0 bridgehead atoms. The van der Waals surface area contributed by atoms with Crippen LogP contribution in [-0.4, -0.2) is 20.9 Å². The summed E-state index contributed by atoms with van der Waals surface area (Å²) in [5, 5.41) is 0. The number of aryl methyl sites for hydroxylation is 1. The predicted octanol–water partition coefficient (Wildman–Crippen LogP) is 3.18. The molecule has 1 saturated heterocycles. The minimum Gasteiger partial charge on any atom is -0.312 e. The molecule has 2 aromatic carbocycles. The summed E-state index contributed by atoms with van der Waals surface area (Å²) in [6, 6.07) is 13.8. The number of nitrogens with zero attached hydrogens (tertiary/aromatic N) is 1. The Morgan fingerprint density at radius 1 is 1.12 bits per heavy atom. The number of amides is 1. The summed E-state index contributed by atoms with van der Waals surface area (Å²) in [6.07, 6.45) is 2.23. The topological polar surface area (TPSA) is 66.5 Å².